The van der Waals surface area contributed by atoms with Gasteiger partial charge in [0.2, 0.25) is 5.95 Å². The molecule has 0 amide bonds. The van der Waals surface area contributed by atoms with Crippen molar-refractivity contribution in [3.8, 4) is 11.1 Å². The van der Waals surface area contributed by atoms with Crippen LogP contribution in [0.4, 0.5) is 19.1 Å². The zero-order valence-corrected chi connectivity index (χ0v) is 12.9. The second kappa shape index (κ2) is 5.43. The number of nitrogens with one attached hydrogen (secondary N) is 2. The topological polar surface area (TPSA) is 83.8 Å². The molecule has 0 bridgehead atoms. The van der Waals surface area contributed by atoms with E-state index in [2.05, 4.69) is 30.4 Å². The van der Waals surface area contributed by atoms with Crippen LogP contribution in [0.25, 0.3) is 27.8 Å². The Hall–Kier alpha value is -3.17. The first-order valence-corrected chi connectivity index (χ1v) is 7.39. The minimum Gasteiger partial charge on any atom is -0.345 e. The smallest absolute Gasteiger partial charge is 0.345 e. The molecule has 0 fully saturated rings. The Morgan fingerprint density at radius 1 is 1.28 bits per heavy atom. The second-order valence-corrected chi connectivity index (χ2v) is 5.54. The molecule has 4 heterocycles. The van der Waals surface area contributed by atoms with Gasteiger partial charge >= 0.3 is 6.18 Å². The largest absolute Gasteiger partial charge is 0.408 e. The van der Waals surface area contributed by atoms with Gasteiger partial charge in [0.1, 0.15) is 18.0 Å². The Bertz CT molecular complexity index is 1050. The monoisotopic (exact) mass is 347 g/mol. The van der Waals surface area contributed by atoms with Crippen molar-refractivity contribution in [1.29, 1.82) is 0 Å². The van der Waals surface area contributed by atoms with Gasteiger partial charge in [-0.1, -0.05) is 0 Å². The molecule has 7 nitrogen and oxygen atoms in total. The van der Waals surface area contributed by atoms with E-state index in [4.69, 9.17) is 0 Å². The van der Waals surface area contributed by atoms with Crippen molar-refractivity contribution in [3.05, 3.63) is 37.1 Å². The third kappa shape index (κ3) is 2.75. The van der Waals surface area contributed by atoms with Crippen molar-refractivity contribution in [3.63, 3.8) is 0 Å². The number of H-pyrrole nitrogens is 1. The molecule has 1 atom stereocenters. The standard InChI is InChI=1S/C15H12F3N7/c1-8(15(16,17)18)23-14-20-6-11-10(5-19-13(11)24-14)9-2-3-25-12(4-9)21-7-22-25/h2-8H,1H3,(H2,19,20,23,24). The van der Waals surface area contributed by atoms with Crippen molar-refractivity contribution < 1.29 is 13.2 Å². The summed E-state index contributed by atoms with van der Waals surface area (Å²) in [4.78, 5) is 15.2. The SMILES string of the molecule is CC(Nc1ncc2c(-c3ccn4ncnc4c3)c[nH]c2n1)C(F)(F)F. The number of halogens is 3. The summed E-state index contributed by atoms with van der Waals surface area (Å²) >= 11 is 0. The summed E-state index contributed by atoms with van der Waals surface area (Å²) in [5, 5.41) is 6.99. The van der Waals surface area contributed by atoms with Gasteiger partial charge in [0.25, 0.3) is 0 Å². The molecule has 0 radical (unpaired) electrons. The molecule has 128 valence electrons. The highest BCUT2D eigenvalue weighted by Gasteiger charge is 2.36. The number of anilines is 1. The van der Waals surface area contributed by atoms with Crippen molar-refractivity contribution in [2.75, 3.05) is 5.32 Å². The zero-order chi connectivity index (χ0) is 17.6. The first kappa shape index (κ1) is 15.4. The van der Waals surface area contributed by atoms with E-state index < -0.39 is 12.2 Å². The summed E-state index contributed by atoms with van der Waals surface area (Å²) in [6, 6.07) is 1.98. The highest BCUT2D eigenvalue weighted by molar-refractivity contribution is 5.93. The molecule has 10 heteroatoms. The number of alkyl halides is 3. The first-order chi connectivity index (χ1) is 11.9. The van der Waals surface area contributed by atoms with Gasteiger partial charge in [-0.15, -0.1) is 0 Å². The highest BCUT2D eigenvalue weighted by atomic mass is 19.4. The number of hydrogen-bond donors (Lipinski definition) is 2. The summed E-state index contributed by atoms with van der Waals surface area (Å²) in [5.74, 6) is -0.0846. The van der Waals surface area contributed by atoms with Crippen LogP contribution in [0.15, 0.2) is 37.1 Å². The zero-order valence-electron chi connectivity index (χ0n) is 12.9. The van der Waals surface area contributed by atoms with E-state index >= 15 is 0 Å². The van der Waals surface area contributed by atoms with Crippen LogP contribution in [-0.4, -0.2) is 41.8 Å². The van der Waals surface area contributed by atoms with Gasteiger partial charge in [-0.3, -0.25) is 0 Å². The van der Waals surface area contributed by atoms with Crippen LogP contribution in [0.3, 0.4) is 0 Å². The fourth-order valence-corrected chi connectivity index (χ4v) is 2.47. The second-order valence-electron chi connectivity index (χ2n) is 5.54. The first-order valence-electron chi connectivity index (χ1n) is 7.39. The molecule has 0 aromatic carbocycles. The van der Waals surface area contributed by atoms with Crippen molar-refractivity contribution in [2.24, 2.45) is 0 Å². The van der Waals surface area contributed by atoms with E-state index in [-0.39, 0.29) is 5.95 Å². The molecular formula is C15H12F3N7. The molecule has 2 N–H and O–H groups in total. The summed E-state index contributed by atoms with van der Waals surface area (Å²) in [6.45, 7) is 1.02. The van der Waals surface area contributed by atoms with Crippen LogP contribution >= 0.6 is 0 Å². The van der Waals surface area contributed by atoms with Gasteiger partial charge in [0.05, 0.1) is 0 Å². The van der Waals surface area contributed by atoms with Gasteiger partial charge in [0.15, 0.2) is 5.65 Å². The molecule has 1 unspecified atom stereocenters. The predicted molar refractivity (Wildman–Crippen MR) is 85.0 cm³/mol. The minimum atomic E-state index is -4.37. The fraction of sp³-hybridized carbons (Fsp3) is 0.200. The van der Waals surface area contributed by atoms with E-state index in [1.165, 1.54) is 12.5 Å². The molecule has 0 aliphatic carbocycles. The molecule has 4 aromatic heterocycles. The lowest BCUT2D eigenvalue weighted by Gasteiger charge is -2.16. The summed E-state index contributed by atoms with van der Waals surface area (Å²) in [6.07, 6.45) is 2.09. The summed E-state index contributed by atoms with van der Waals surface area (Å²) in [5.41, 5.74) is 2.84. The number of rotatable bonds is 3. The van der Waals surface area contributed by atoms with Crippen LogP contribution in [0, 0.1) is 0 Å². The highest BCUT2D eigenvalue weighted by Crippen LogP contribution is 2.29. The Balaban J connectivity index is 1.70. The molecule has 0 saturated carbocycles. The van der Waals surface area contributed by atoms with E-state index in [0.717, 1.165) is 18.1 Å². The lowest BCUT2D eigenvalue weighted by molar-refractivity contribution is -0.138. The molecule has 4 aromatic rings. The maximum Gasteiger partial charge on any atom is 0.408 e. The Morgan fingerprint density at radius 2 is 2.12 bits per heavy atom. The van der Waals surface area contributed by atoms with Gasteiger partial charge in [-0.2, -0.15) is 23.3 Å². The average Bonchev–Trinajstić information content (AvgIpc) is 3.19. The average molecular weight is 347 g/mol. The molecule has 0 aliphatic heterocycles. The Kier molecular flexibility index (Phi) is 3.34. The molecular weight excluding hydrogens is 335 g/mol. The lowest BCUT2D eigenvalue weighted by atomic mass is 10.1. The quantitative estimate of drug-likeness (QED) is 0.595. The van der Waals surface area contributed by atoms with Crippen LogP contribution in [0.2, 0.25) is 0 Å². The predicted octanol–water partition coefficient (Wildman–Crippen LogP) is 3.03. The maximum atomic E-state index is 12.6. The number of pyridine rings is 1. The van der Waals surface area contributed by atoms with Crippen molar-refractivity contribution in [2.45, 2.75) is 19.1 Å². The van der Waals surface area contributed by atoms with E-state index in [0.29, 0.717) is 16.7 Å². The maximum absolute atomic E-state index is 12.6. The van der Waals surface area contributed by atoms with E-state index in [1.54, 1.807) is 16.9 Å². The van der Waals surface area contributed by atoms with Crippen molar-refractivity contribution >= 4 is 22.6 Å². The van der Waals surface area contributed by atoms with Crippen LogP contribution < -0.4 is 5.32 Å². The Labute approximate surface area is 138 Å². The Morgan fingerprint density at radius 3 is 2.92 bits per heavy atom. The summed E-state index contributed by atoms with van der Waals surface area (Å²) < 4.78 is 39.5. The van der Waals surface area contributed by atoms with Crippen LogP contribution in [0.5, 0.6) is 0 Å². The number of aromatic amines is 1. The number of hydrogen-bond acceptors (Lipinski definition) is 5. The summed E-state index contributed by atoms with van der Waals surface area (Å²) in [7, 11) is 0. The van der Waals surface area contributed by atoms with Crippen LogP contribution in [0.1, 0.15) is 6.92 Å². The van der Waals surface area contributed by atoms with E-state index in [1.807, 2.05) is 12.1 Å². The van der Waals surface area contributed by atoms with Crippen LogP contribution in [-0.2, 0) is 0 Å². The lowest BCUT2D eigenvalue weighted by Crippen LogP contribution is -2.33. The molecule has 4 rings (SSSR count). The minimum absolute atomic E-state index is 0.0846. The normalized spacial score (nSPS) is 13.4. The van der Waals surface area contributed by atoms with Gasteiger partial charge in [-0.05, 0) is 24.6 Å². The third-order valence-corrected chi connectivity index (χ3v) is 3.86. The molecule has 0 saturated heterocycles. The van der Waals surface area contributed by atoms with E-state index in [9.17, 15) is 13.2 Å². The molecule has 0 spiro atoms. The number of fused-ring (bicyclic) bond motifs is 2. The van der Waals surface area contributed by atoms with Crippen molar-refractivity contribution in [1.82, 2.24) is 29.5 Å². The molecule has 0 aliphatic rings. The van der Waals surface area contributed by atoms with Gasteiger partial charge in [0, 0.05) is 29.5 Å². The van der Waals surface area contributed by atoms with Gasteiger partial charge < -0.3 is 10.3 Å². The number of nitrogens with zero attached hydrogens (tertiary/aromatic N) is 5. The fourth-order valence-electron chi connectivity index (χ4n) is 2.47. The molecule has 25 heavy (non-hydrogen) atoms. The van der Waals surface area contributed by atoms with Gasteiger partial charge in [-0.25, -0.2) is 14.5 Å². The number of aromatic nitrogens is 6. The third-order valence-electron chi connectivity index (χ3n) is 3.86.